The maximum absolute atomic E-state index is 10.3. The third kappa shape index (κ3) is 4.79. The standard InChI is InChI=1S/C54H35N3/c1-2-13-36(14-3-1)37-25-27-38(28-26-37)39-29-31-40(32-30-39)55-50-22-11-7-18-46(50)54-51(55)23-12-24-52(54)57-49-21-10-6-17-44(49)45-34-33-41(35-53(45)57)56-47-19-8-4-15-42(47)43-16-5-9-20-48(43)56/h1-35H/i1D,2D,3D,4D,5D,6D,7D,8D,9D,10D,11D,12D,13D,14D,15D,16D,17D,18D,19D,20D,21D,22D,23D,24D,25D,26D,27D,28D,29D,30D,31D,32D,33D,34D,35D. The van der Waals surface area contributed by atoms with E-state index in [1.54, 1.807) is 0 Å². The first-order chi connectivity index (χ1) is 42.9. The van der Waals surface area contributed by atoms with Crippen LogP contribution in [-0.2, 0) is 0 Å². The Kier molecular flexibility index (Phi) is 2.78. The summed E-state index contributed by atoms with van der Waals surface area (Å²) in [5.41, 5.74) is -10.8. The first-order valence-electron chi connectivity index (χ1n) is 34.3. The van der Waals surface area contributed by atoms with Crippen LogP contribution in [0, 0.1) is 0 Å². The lowest BCUT2D eigenvalue weighted by molar-refractivity contribution is 1.16. The van der Waals surface area contributed by atoms with Crippen LogP contribution in [-0.4, -0.2) is 13.7 Å². The molecule has 0 fully saturated rings. The molecular formula is C54H35N3. The SMILES string of the molecule is [2H]c1c([2H])c([2H])c(-c2c([2H])c([2H])c(-c3c([2H])c([2H])c(-n4c5c([2H])c([2H])c([2H])c([2H])c5c5c(-n6c7c([2H])c([2H])c([2H])c([2H])c7c7c([2H])c([2H])c(-n8c9c([2H])c([2H])c([2H])c([2H])c9c9c([2H])c([2H])c([2H])c([2H])c98)c([2H])c76)c([2H])c([2H])c([2H])c54)c([2H])c3[2H])c([2H])c2[2H])c([2H])c1[2H]. The van der Waals surface area contributed by atoms with Crippen LogP contribution in [0.25, 0.3) is 105 Å². The van der Waals surface area contributed by atoms with Gasteiger partial charge in [-0.1, -0.05) is 151 Å². The predicted molar refractivity (Wildman–Crippen MR) is 240 cm³/mol. The molecule has 12 rings (SSSR count). The van der Waals surface area contributed by atoms with Crippen molar-refractivity contribution < 1.29 is 48.0 Å². The molecule has 57 heavy (non-hydrogen) atoms. The molecule has 3 heterocycles. The van der Waals surface area contributed by atoms with E-state index in [0.717, 1.165) is 0 Å². The predicted octanol–water partition coefficient (Wildman–Crippen LogP) is 14.3. The van der Waals surface area contributed by atoms with E-state index in [9.17, 15) is 21.9 Å². The minimum absolute atomic E-state index is 0.541. The van der Waals surface area contributed by atoms with Gasteiger partial charge in [0.2, 0.25) is 0 Å². The molecule has 0 N–H and O–H groups in total. The molecular weight excluding hydrogens is 691 g/mol. The number of rotatable bonds is 5. The summed E-state index contributed by atoms with van der Waals surface area (Å²) in [5, 5.41) is -3.97. The summed E-state index contributed by atoms with van der Waals surface area (Å²) >= 11 is 0. The molecule has 3 nitrogen and oxygen atoms in total. The molecule has 0 amide bonds. The Morgan fingerprint density at radius 1 is 0.263 bits per heavy atom. The van der Waals surface area contributed by atoms with Crippen molar-refractivity contribution in [3.8, 4) is 39.3 Å². The molecule has 0 saturated heterocycles. The average molecular weight is 761 g/mol. The van der Waals surface area contributed by atoms with Crippen LogP contribution in [0.2, 0.25) is 0 Å². The monoisotopic (exact) mass is 761 g/mol. The van der Waals surface area contributed by atoms with Crippen molar-refractivity contribution in [2.45, 2.75) is 0 Å². The van der Waals surface area contributed by atoms with Gasteiger partial charge in [0.25, 0.3) is 0 Å². The molecule has 0 atom stereocenters. The fourth-order valence-corrected chi connectivity index (χ4v) is 6.91. The van der Waals surface area contributed by atoms with E-state index in [4.69, 9.17) is 26.0 Å². The van der Waals surface area contributed by atoms with Gasteiger partial charge < -0.3 is 13.7 Å². The molecule has 9 aromatic carbocycles. The maximum atomic E-state index is 10.3. The molecule has 266 valence electrons. The van der Waals surface area contributed by atoms with Crippen molar-refractivity contribution in [1.29, 1.82) is 0 Å². The number of fused-ring (bicyclic) bond motifs is 9. The maximum Gasteiger partial charge on any atom is 0.0667 e. The van der Waals surface area contributed by atoms with Crippen LogP contribution in [0.1, 0.15) is 48.0 Å². The van der Waals surface area contributed by atoms with Gasteiger partial charge >= 0.3 is 0 Å². The van der Waals surface area contributed by atoms with Crippen LogP contribution >= 0.6 is 0 Å². The fraction of sp³-hybridized carbons (Fsp3) is 0. The van der Waals surface area contributed by atoms with Crippen LogP contribution in [0.3, 0.4) is 0 Å². The van der Waals surface area contributed by atoms with Gasteiger partial charge in [-0.25, -0.2) is 0 Å². The summed E-state index contributed by atoms with van der Waals surface area (Å²) < 4.78 is 321. The Hall–Kier alpha value is -7.62. The van der Waals surface area contributed by atoms with Crippen molar-refractivity contribution >= 4 is 65.4 Å². The van der Waals surface area contributed by atoms with Crippen molar-refractivity contribution in [2.24, 2.45) is 0 Å². The molecule has 0 radical (unpaired) electrons. The fourth-order valence-electron chi connectivity index (χ4n) is 6.91. The second kappa shape index (κ2) is 12.5. The summed E-state index contributed by atoms with van der Waals surface area (Å²) in [6, 6.07) is -35.3. The van der Waals surface area contributed by atoms with E-state index in [2.05, 4.69) is 0 Å². The topological polar surface area (TPSA) is 14.8 Å². The summed E-state index contributed by atoms with van der Waals surface area (Å²) in [5.74, 6) is 0. The molecule has 0 saturated carbocycles. The molecule has 0 aliphatic heterocycles. The first-order valence-corrected chi connectivity index (χ1v) is 16.8. The van der Waals surface area contributed by atoms with Gasteiger partial charge in [-0.2, -0.15) is 0 Å². The molecule has 0 aliphatic rings. The zero-order valence-electron chi connectivity index (χ0n) is 63.3. The highest BCUT2D eigenvalue weighted by molar-refractivity contribution is 6.17. The van der Waals surface area contributed by atoms with Crippen LogP contribution in [0.5, 0.6) is 0 Å². The van der Waals surface area contributed by atoms with Crippen molar-refractivity contribution in [2.75, 3.05) is 0 Å². The van der Waals surface area contributed by atoms with E-state index in [0.29, 0.717) is 13.7 Å². The van der Waals surface area contributed by atoms with Crippen LogP contribution < -0.4 is 0 Å². The highest BCUT2D eigenvalue weighted by Gasteiger charge is 2.21. The second-order valence-corrected chi connectivity index (χ2v) is 12.3. The van der Waals surface area contributed by atoms with E-state index < -0.39 is 316 Å². The zero-order chi connectivity index (χ0) is 67.9. The number of benzene rings is 9. The quantitative estimate of drug-likeness (QED) is 0.166. The Morgan fingerprint density at radius 3 is 1.26 bits per heavy atom. The average Bonchev–Trinajstić information content (AvgIpc) is 1.56. The van der Waals surface area contributed by atoms with Gasteiger partial charge in [-0.3, -0.25) is 0 Å². The van der Waals surface area contributed by atoms with Gasteiger partial charge in [0, 0.05) is 43.7 Å². The van der Waals surface area contributed by atoms with Gasteiger partial charge in [0.05, 0.1) is 86.8 Å². The van der Waals surface area contributed by atoms with Crippen LogP contribution in [0.15, 0.2) is 211 Å². The van der Waals surface area contributed by atoms with E-state index in [1.807, 2.05) is 0 Å². The molecule has 0 unspecified atom stereocenters. The number of nitrogens with zero attached hydrogens (tertiary/aromatic N) is 3. The Morgan fingerprint density at radius 2 is 0.667 bits per heavy atom. The van der Waals surface area contributed by atoms with E-state index in [-0.39, 0.29) is 0 Å². The molecule has 0 aliphatic carbocycles. The van der Waals surface area contributed by atoms with Gasteiger partial charge in [-0.05, 0) is 82.7 Å². The lowest BCUT2D eigenvalue weighted by Gasteiger charge is -2.13. The second-order valence-electron chi connectivity index (χ2n) is 12.3. The third-order valence-electron chi connectivity index (χ3n) is 9.29. The summed E-state index contributed by atoms with van der Waals surface area (Å²) in [6.07, 6.45) is 0. The summed E-state index contributed by atoms with van der Waals surface area (Å²) in [6.45, 7) is 0. The first kappa shape index (κ1) is 12.7. The number of hydrogen-bond acceptors (Lipinski definition) is 0. The Bertz CT molecular complexity index is 5420. The Labute approximate surface area is 378 Å². The highest BCUT2D eigenvalue weighted by Crippen LogP contribution is 2.41. The molecule has 0 bridgehead atoms. The minimum atomic E-state index is -1.20. The van der Waals surface area contributed by atoms with Gasteiger partial charge in [-0.15, -0.1) is 0 Å². The zero-order valence-corrected chi connectivity index (χ0v) is 28.3. The largest absolute Gasteiger partial charge is 0.309 e. The summed E-state index contributed by atoms with van der Waals surface area (Å²) in [4.78, 5) is 0. The molecule has 0 spiro atoms. The number of para-hydroxylation sites is 4. The van der Waals surface area contributed by atoms with E-state index >= 15 is 0 Å². The normalized spacial score (nSPS) is 20.5. The lowest BCUT2D eigenvalue weighted by atomic mass is 10.0. The number of hydrogen-bond donors (Lipinski definition) is 0. The summed E-state index contributed by atoms with van der Waals surface area (Å²) in [7, 11) is 0. The molecule has 3 heteroatoms. The third-order valence-corrected chi connectivity index (χ3v) is 9.29. The number of aromatic nitrogens is 3. The van der Waals surface area contributed by atoms with Gasteiger partial charge in [0.1, 0.15) is 0 Å². The molecule has 12 aromatic rings. The van der Waals surface area contributed by atoms with Crippen molar-refractivity contribution in [3.05, 3.63) is 211 Å². The van der Waals surface area contributed by atoms with E-state index in [1.165, 1.54) is 0 Å². The molecule has 3 aromatic heterocycles. The van der Waals surface area contributed by atoms with Gasteiger partial charge in [0.15, 0.2) is 0 Å². The van der Waals surface area contributed by atoms with Crippen molar-refractivity contribution in [1.82, 2.24) is 13.7 Å². The smallest absolute Gasteiger partial charge is 0.0667 e. The lowest BCUT2D eigenvalue weighted by Crippen LogP contribution is -1.98. The van der Waals surface area contributed by atoms with Crippen molar-refractivity contribution in [3.63, 3.8) is 0 Å². The van der Waals surface area contributed by atoms with Crippen LogP contribution in [0.4, 0.5) is 0 Å². The highest BCUT2D eigenvalue weighted by atomic mass is 15.0. The minimum Gasteiger partial charge on any atom is -0.309 e. The Balaban J connectivity index is 1.29.